The Balaban J connectivity index is 1.74. The summed E-state index contributed by atoms with van der Waals surface area (Å²) in [5.41, 5.74) is 5.77. The maximum Gasteiger partial charge on any atom is 0.0790 e. The van der Waals surface area contributed by atoms with Gasteiger partial charge in [-0.2, -0.15) is 5.48 Å². The van der Waals surface area contributed by atoms with Crippen LogP contribution in [-0.2, 0) is 11.4 Å². The highest BCUT2D eigenvalue weighted by atomic mass is 16.7. The molecule has 2 heteroatoms. The molecule has 0 radical (unpaired) electrons. The average Bonchev–Trinajstić information content (AvgIpc) is 2.83. The van der Waals surface area contributed by atoms with E-state index < -0.39 is 0 Å². The molecular weight excluding hydrogens is 210 g/mol. The van der Waals surface area contributed by atoms with Gasteiger partial charge in [0.1, 0.15) is 0 Å². The first-order chi connectivity index (χ1) is 8.25. The summed E-state index contributed by atoms with van der Waals surface area (Å²) in [6, 6.07) is 8.77. The van der Waals surface area contributed by atoms with Crippen molar-refractivity contribution >= 4 is 0 Å². The SMILES string of the molecule is CC(C)c1ccc(CNOC2CCCC2)cc1. The van der Waals surface area contributed by atoms with Crippen molar-refractivity contribution in [3.05, 3.63) is 35.4 Å². The molecule has 0 heterocycles. The van der Waals surface area contributed by atoms with E-state index in [0.29, 0.717) is 12.0 Å². The highest BCUT2D eigenvalue weighted by molar-refractivity contribution is 5.24. The van der Waals surface area contributed by atoms with E-state index in [1.807, 2.05) is 0 Å². The second kappa shape index (κ2) is 6.18. The normalized spacial score (nSPS) is 16.9. The molecule has 0 aliphatic heterocycles. The summed E-state index contributed by atoms with van der Waals surface area (Å²) in [7, 11) is 0. The smallest absolute Gasteiger partial charge is 0.0790 e. The monoisotopic (exact) mass is 233 g/mol. The molecule has 0 amide bonds. The predicted molar refractivity (Wildman–Crippen MR) is 70.7 cm³/mol. The van der Waals surface area contributed by atoms with Gasteiger partial charge in [0.05, 0.1) is 6.10 Å². The molecule has 2 nitrogen and oxygen atoms in total. The third kappa shape index (κ3) is 3.83. The lowest BCUT2D eigenvalue weighted by atomic mass is 10.0. The zero-order valence-electron chi connectivity index (χ0n) is 10.9. The van der Waals surface area contributed by atoms with Crippen LogP contribution in [0.15, 0.2) is 24.3 Å². The minimum absolute atomic E-state index is 0.435. The predicted octanol–water partition coefficient (Wildman–Crippen LogP) is 3.77. The lowest BCUT2D eigenvalue weighted by Crippen LogP contribution is -2.21. The maximum atomic E-state index is 5.63. The van der Waals surface area contributed by atoms with E-state index in [1.54, 1.807) is 0 Å². The van der Waals surface area contributed by atoms with Crippen LogP contribution in [0.1, 0.15) is 56.6 Å². The Morgan fingerprint density at radius 3 is 2.41 bits per heavy atom. The van der Waals surface area contributed by atoms with Crippen LogP contribution >= 0.6 is 0 Å². The molecule has 17 heavy (non-hydrogen) atoms. The molecule has 1 aromatic rings. The summed E-state index contributed by atoms with van der Waals surface area (Å²) < 4.78 is 0. The fourth-order valence-corrected chi connectivity index (χ4v) is 2.27. The van der Waals surface area contributed by atoms with Crippen LogP contribution in [0.2, 0.25) is 0 Å². The van der Waals surface area contributed by atoms with Crippen LogP contribution < -0.4 is 5.48 Å². The Morgan fingerprint density at radius 2 is 1.82 bits per heavy atom. The lowest BCUT2D eigenvalue weighted by Gasteiger charge is -2.12. The van der Waals surface area contributed by atoms with E-state index in [4.69, 9.17) is 4.84 Å². The van der Waals surface area contributed by atoms with Crippen LogP contribution in [-0.4, -0.2) is 6.10 Å². The topological polar surface area (TPSA) is 21.3 Å². The zero-order chi connectivity index (χ0) is 12.1. The number of nitrogens with one attached hydrogen (secondary N) is 1. The number of hydrogen-bond acceptors (Lipinski definition) is 2. The molecule has 94 valence electrons. The van der Waals surface area contributed by atoms with Crippen molar-refractivity contribution in [2.75, 3.05) is 0 Å². The summed E-state index contributed by atoms with van der Waals surface area (Å²) in [6.07, 6.45) is 5.48. The Labute approximate surface area is 104 Å². The second-order valence-electron chi connectivity index (χ2n) is 5.24. The highest BCUT2D eigenvalue weighted by Gasteiger charge is 2.15. The van der Waals surface area contributed by atoms with Crippen LogP contribution in [0.4, 0.5) is 0 Å². The molecule has 1 N–H and O–H groups in total. The molecule has 0 aromatic heterocycles. The summed E-state index contributed by atoms with van der Waals surface area (Å²) in [6.45, 7) is 5.24. The molecule has 0 spiro atoms. The van der Waals surface area contributed by atoms with Gasteiger partial charge in [-0.05, 0) is 29.9 Å². The van der Waals surface area contributed by atoms with Crippen LogP contribution in [0, 0.1) is 0 Å². The van der Waals surface area contributed by atoms with Gasteiger partial charge >= 0.3 is 0 Å². The first-order valence-corrected chi connectivity index (χ1v) is 6.73. The highest BCUT2D eigenvalue weighted by Crippen LogP contribution is 2.20. The molecule has 0 saturated heterocycles. The van der Waals surface area contributed by atoms with Gasteiger partial charge in [-0.1, -0.05) is 51.0 Å². The summed E-state index contributed by atoms with van der Waals surface area (Å²) in [5.74, 6) is 0.603. The van der Waals surface area contributed by atoms with Crippen LogP contribution in [0.5, 0.6) is 0 Å². The quantitative estimate of drug-likeness (QED) is 0.782. The Kier molecular flexibility index (Phi) is 4.57. The molecule has 0 unspecified atom stereocenters. The van der Waals surface area contributed by atoms with Gasteiger partial charge in [0.25, 0.3) is 0 Å². The van der Waals surface area contributed by atoms with E-state index in [-0.39, 0.29) is 0 Å². The van der Waals surface area contributed by atoms with E-state index in [9.17, 15) is 0 Å². The Hall–Kier alpha value is -0.860. The first-order valence-electron chi connectivity index (χ1n) is 6.73. The van der Waals surface area contributed by atoms with Crippen LogP contribution in [0.25, 0.3) is 0 Å². The largest absolute Gasteiger partial charge is 0.298 e. The van der Waals surface area contributed by atoms with Gasteiger partial charge < -0.3 is 0 Å². The van der Waals surface area contributed by atoms with Gasteiger partial charge in [-0.25, -0.2) is 0 Å². The molecule has 0 bridgehead atoms. The zero-order valence-corrected chi connectivity index (χ0v) is 10.9. The molecule has 0 atom stereocenters. The van der Waals surface area contributed by atoms with Crippen molar-refractivity contribution in [3.63, 3.8) is 0 Å². The van der Waals surface area contributed by atoms with Crippen molar-refractivity contribution in [2.24, 2.45) is 0 Å². The molecule has 1 aliphatic carbocycles. The number of benzene rings is 1. The van der Waals surface area contributed by atoms with Crippen LogP contribution in [0.3, 0.4) is 0 Å². The van der Waals surface area contributed by atoms with Crippen molar-refractivity contribution in [1.82, 2.24) is 5.48 Å². The molecule has 1 aromatic carbocycles. The average molecular weight is 233 g/mol. The minimum Gasteiger partial charge on any atom is -0.298 e. The molecule has 1 saturated carbocycles. The van der Waals surface area contributed by atoms with Gasteiger partial charge in [-0.3, -0.25) is 4.84 Å². The van der Waals surface area contributed by atoms with Gasteiger partial charge in [0, 0.05) is 6.54 Å². The lowest BCUT2D eigenvalue weighted by molar-refractivity contribution is -0.0244. The van der Waals surface area contributed by atoms with E-state index in [0.717, 1.165) is 6.54 Å². The Bertz CT molecular complexity index is 325. The Morgan fingerprint density at radius 1 is 1.18 bits per heavy atom. The fraction of sp³-hybridized carbons (Fsp3) is 0.600. The van der Waals surface area contributed by atoms with E-state index in [1.165, 1.54) is 36.8 Å². The molecule has 2 rings (SSSR count). The van der Waals surface area contributed by atoms with E-state index in [2.05, 4.69) is 43.6 Å². The minimum atomic E-state index is 0.435. The summed E-state index contributed by atoms with van der Waals surface area (Å²) in [5, 5.41) is 0. The van der Waals surface area contributed by atoms with Gasteiger partial charge in [0.2, 0.25) is 0 Å². The second-order valence-corrected chi connectivity index (χ2v) is 5.24. The standard InChI is InChI=1S/C15H23NO/c1-12(2)14-9-7-13(8-10-14)11-16-17-15-5-3-4-6-15/h7-10,12,15-16H,3-6,11H2,1-2H3. The number of rotatable bonds is 5. The van der Waals surface area contributed by atoms with Gasteiger partial charge in [-0.15, -0.1) is 0 Å². The van der Waals surface area contributed by atoms with Gasteiger partial charge in [0.15, 0.2) is 0 Å². The summed E-state index contributed by atoms with van der Waals surface area (Å²) >= 11 is 0. The van der Waals surface area contributed by atoms with Crippen molar-refractivity contribution < 1.29 is 4.84 Å². The molecule has 1 aliphatic rings. The first kappa shape index (κ1) is 12.6. The summed E-state index contributed by atoms with van der Waals surface area (Å²) in [4.78, 5) is 5.63. The third-order valence-corrected chi connectivity index (χ3v) is 3.47. The van der Waals surface area contributed by atoms with E-state index >= 15 is 0 Å². The fourth-order valence-electron chi connectivity index (χ4n) is 2.27. The maximum absolute atomic E-state index is 5.63. The molecular formula is C15H23NO. The number of hydroxylamine groups is 1. The molecule has 1 fully saturated rings. The number of hydrogen-bond donors (Lipinski definition) is 1. The van der Waals surface area contributed by atoms with Crippen molar-refractivity contribution in [2.45, 2.75) is 58.1 Å². The van der Waals surface area contributed by atoms with Crippen molar-refractivity contribution in [1.29, 1.82) is 0 Å². The third-order valence-electron chi connectivity index (χ3n) is 3.47. The van der Waals surface area contributed by atoms with Crippen molar-refractivity contribution in [3.8, 4) is 0 Å².